The fourth-order valence-electron chi connectivity index (χ4n) is 4.64. The normalized spacial score (nSPS) is 28.3. The van der Waals surface area contributed by atoms with Crippen molar-refractivity contribution in [1.82, 2.24) is 15.5 Å². The first kappa shape index (κ1) is 23.4. The van der Waals surface area contributed by atoms with Gasteiger partial charge in [-0.2, -0.15) is 0 Å². The van der Waals surface area contributed by atoms with Gasteiger partial charge in [0.05, 0.1) is 11.8 Å². The molecule has 0 aromatic carbocycles. The van der Waals surface area contributed by atoms with Gasteiger partial charge in [-0.25, -0.2) is 0 Å². The zero-order valence-electron chi connectivity index (χ0n) is 18.0. The molecule has 0 bridgehead atoms. The van der Waals surface area contributed by atoms with Gasteiger partial charge >= 0.3 is 0 Å². The number of amides is 3. The SMILES string of the molecule is CCCCNC(=O)[C@@H]1[C@H]2C=C[C@@H](C)[C@@H](C(=O)NC)[C@@H]2C(=O)N1CCCCCCO. The summed E-state index contributed by atoms with van der Waals surface area (Å²) in [5.74, 6) is -1.61. The molecule has 2 rings (SSSR count). The molecule has 0 saturated carbocycles. The van der Waals surface area contributed by atoms with Crippen LogP contribution < -0.4 is 10.6 Å². The zero-order valence-corrected chi connectivity index (χ0v) is 18.0. The molecule has 2 aliphatic rings. The quantitative estimate of drug-likeness (QED) is 0.357. The second kappa shape index (κ2) is 11.3. The van der Waals surface area contributed by atoms with Crippen LogP contribution in [0.25, 0.3) is 0 Å². The van der Waals surface area contributed by atoms with Crippen molar-refractivity contribution < 1.29 is 19.5 Å². The highest BCUT2D eigenvalue weighted by Crippen LogP contribution is 2.44. The number of likely N-dealkylation sites (tertiary alicyclic amines) is 1. The van der Waals surface area contributed by atoms with E-state index in [0.29, 0.717) is 13.1 Å². The molecule has 0 radical (unpaired) electrons. The molecule has 0 spiro atoms. The van der Waals surface area contributed by atoms with E-state index in [1.807, 2.05) is 19.1 Å². The molecular weight excluding hydrogens is 370 g/mol. The molecule has 29 heavy (non-hydrogen) atoms. The molecule has 5 atom stereocenters. The van der Waals surface area contributed by atoms with E-state index in [2.05, 4.69) is 17.6 Å². The average molecular weight is 408 g/mol. The lowest BCUT2D eigenvalue weighted by Gasteiger charge is -2.32. The van der Waals surface area contributed by atoms with Gasteiger partial charge in [0.2, 0.25) is 17.7 Å². The third-order valence-corrected chi connectivity index (χ3v) is 6.23. The number of hydrogen-bond acceptors (Lipinski definition) is 4. The van der Waals surface area contributed by atoms with Crippen LogP contribution >= 0.6 is 0 Å². The number of carbonyl (C=O) groups is 3. The summed E-state index contributed by atoms with van der Waals surface area (Å²) < 4.78 is 0. The monoisotopic (exact) mass is 407 g/mol. The van der Waals surface area contributed by atoms with Gasteiger partial charge in [-0.05, 0) is 25.2 Å². The van der Waals surface area contributed by atoms with E-state index >= 15 is 0 Å². The van der Waals surface area contributed by atoms with Gasteiger partial charge in [0.1, 0.15) is 6.04 Å². The molecule has 3 amide bonds. The standard InChI is InChI=1S/C22H37N3O4/c1-4-5-12-24-21(28)19-16-11-10-15(2)17(20(27)23-3)18(16)22(29)25(19)13-8-6-7-9-14-26/h10-11,15-19,26H,4-9,12-14H2,1-3H3,(H,23,27)(H,24,28)/t15-,16+,17-,18-,19+/m1/s1. The van der Waals surface area contributed by atoms with E-state index in [-0.39, 0.29) is 36.2 Å². The van der Waals surface area contributed by atoms with E-state index in [1.54, 1.807) is 11.9 Å². The van der Waals surface area contributed by atoms with Crippen molar-refractivity contribution in [3.8, 4) is 0 Å². The van der Waals surface area contributed by atoms with Crippen molar-refractivity contribution in [2.75, 3.05) is 26.7 Å². The van der Waals surface area contributed by atoms with Crippen LogP contribution in [0.1, 0.15) is 52.4 Å². The number of aliphatic hydroxyl groups excluding tert-OH is 1. The lowest BCUT2D eigenvalue weighted by Crippen LogP contribution is -2.47. The summed E-state index contributed by atoms with van der Waals surface area (Å²) in [5.41, 5.74) is 0. The highest BCUT2D eigenvalue weighted by molar-refractivity contribution is 5.96. The summed E-state index contributed by atoms with van der Waals surface area (Å²) >= 11 is 0. The van der Waals surface area contributed by atoms with Crippen LogP contribution in [0.5, 0.6) is 0 Å². The molecular formula is C22H37N3O4. The van der Waals surface area contributed by atoms with Crippen molar-refractivity contribution in [2.45, 2.75) is 58.4 Å². The Morgan fingerprint density at radius 3 is 2.48 bits per heavy atom. The highest BCUT2D eigenvalue weighted by atomic mass is 16.3. The summed E-state index contributed by atoms with van der Waals surface area (Å²) in [6.45, 7) is 5.30. The Morgan fingerprint density at radius 1 is 1.10 bits per heavy atom. The molecule has 7 heteroatoms. The topological polar surface area (TPSA) is 98.7 Å². The second-order valence-electron chi connectivity index (χ2n) is 8.25. The average Bonchev–Trinajstić information content (AvgIpc) is 2.99. The maximum Gasteiger partial charge on any atom is 0.243 e. The largest absolute Gasteiger partial charge is 0.396 e. The predicted octanol–water partition coefficient (Wildman–Crippen LogP) is 1.47. The van der Waals surface area contributed by atoms with Crippen molar-refractivity contribution >= 4 is 17.7 Å². The van der Waals surface area contributed by atoms with Crippen LogP contribution in [-0.4, -0.2) is 60.5 Å². The molecule has 1 aliphatic heterocycles. The van der Waals surface area contributed by atoms with Gasteiger partial charge in [0.15, 0.2) is 0 Å². The van der Waals surface area contributed by atoms with E-state index in [0.717, 1.165) is 38.5 Å². The van der Waals surface area contributed by atoms with E-state index in [9.17, 15) is 14.4 Å². The molecule has 1 heterocycles. The first-order valence-corrected chi connectivity index (χ1v) is 11.1. The number of nitrogens with one attached hydrogen (secondary N) is 2. The molecule has 0 aromatic rings. The number of carbonyl (C=O) groups excluding carboxylic acids is 3. The predicted molar refractivity (Wildman–Crippen MR) is 112 cm³/mol. The van der Waals surface area contributed by atoms with E-state index < -0.39 is 17.9 Å². The Hall–Kier alpha value is -1.89. The van der Waals surface area contributed by atoms with Gasteiger partial charge in [-0.3, -0.25) is 14.4 Å². The minimum atomic E-state index is -0.557. The zero-order chi connectivity index (χ0) is 21.4. The molecule has 1 saturated heterocycles. The van der Waals surface area contributed by atoms with Crippen molar-refractivity contribution in [1.29, 1.82) is 0 Å². The Balaban J connectivity index is 2.22. The number of nitrogens with zero attached hydrogens (tertiary/aromatic N) is 1. The highest BCUT2D eigenvalue weighted by Gasteiger charge is 2.56. The number of allylic oxidation sites excluding steroid dienone is 1. The molecule has 1 aliphatic carbocycles. The molecule has 0 aromatic heterocycles. The third-order valence-electron chi connectivity index (χ3n) is 6.23. The second-order valence-corrected chi connectivity index (χ2v) is 8.25. The fraction of sp³-hybridized carbons (Fsp3) is 0.773. The van der Waals surface area contributed by atoms with Gasteiger partial charge in [0, 0.05) is 32.7 Å². The first-order valence-electron chi connectivity index (χ1n) is 11.1. The molecule has 3 N–H and O–H groups in total. The van der Waals surface area contributed by atoms with Gasteiger partial charge < -0.3 is 20.6 Å². The summed E-state index contributed by atoms with van der Waals surface area (Å²) in [4.78, 5) is 40.6. The molecule has 1 fully saturated rings. The van der Waals surface area contributed by atoms with Crippen LogP contribution in [-0.2, 0) is 14.4 Å². The van der Waals surface area contributed by atoms with Gasteiger partial charge in [-0.1, -0.05) is 45.3 Å². The summed E-state index contributed by atoms with van der Waals surface area (Å²) in [5, 5.41) is 14.6. The van der Waals surface area contributed by atoms with Crippen LogP contribution in [0.3, 0.4) is 0 Å². The Bertz CT molecular complexity index is 607. The fourth-order valence-corrected chi connectivity index (χ4v) is 4.64. The smallest absolute Gasteiger partial charge is 0.243 e. The van der Waals surface area contributed by atoms with Crippen molar-refractivity contribution in [3.05, 3.63) is 12.2 Å². The van der Waals surface area contributed by atoms with Crippen LogP contribution in [0, 0.1) is 23.7 Å². The molecule has 7 nitrogen and oxygen atoms in total. The molecule has 164 valence electrons. The number of hydrogen-bond donors (Lipinski definition) is 3. The minimum Gasteiger partial charge on any atom is -0.396 e. The lowest BCUT2D eigenvalue weighted by molar-refractivity contribution is -0.140. The van der Waals surface area contributed by atoms with E-state index in [4.69, 9.17) is 5.11 Å². The maximum absolute atomic E-state index is 13.4. The summed E-state index contributed by atoms with van der Waals surface area (Å²) in [6, 6.07) is -0.557. The third kappa shape index (κ3) is 5.38. The van der Waals surface area contributed by atoms with E-state index in [1.165, 1.54) is 0 Å². The lowest BCUT2D eigenvalue weighted by atomic mass is 9.70. The van der Waals surface area contributed by atoms with Gasteiger partial charge in [0.25, 0.3) is 0 Å². The number of fused-ring (bicyclic) bond motifs is 1. The van der Waals surface area contributed by atoms with Crippen LogP contribution in [0.15, 0.2) is 12.2 Å². The number of unbranched alkanes of at least 4 members (excludes halogenated alkanes) is 4. The first-order chi connectivity index (χ1) is 14.0. The summed E-state index contributed by atoms with van der Waals surface area (Å²) in [7, 11) is 1.59. The van der Waals surface area contributed by atoms with Crippen LogP contribution in [0.2, 0.25) is 0 Å². The van der Waals surface area contributed by atoms with Gasteiger partial charge in [-0.15, -0.1) is 0 Å². The maximum atomic E-state index is 13.4. The Morgan fingerprint density at radius 2 is 1.83 bits per heavy atom. The van der Waals surface area contributed by atoms with Crippen molar-refractivity contribution in [2.24, 2.45) is 23.7 Å². The summed E-state index contributed by atoms with van der Waals surface area (Å²) in [6.07, 6.45) is 9.17. The Kier molecular flexibility index (Phi) is 9.14. The number of rotatable bonds is 11. The Labute approximate surface area is 174 Å². The van der Waals surface area contributed by atoms with Crippen molar-refractivity contribution in [3.63, 3.8) is 0 Å². The minimum absolute atomic E-state index is 0.0477. The number of aliphatic hydroxyl groups is 1. The van der Waals surface area contributed by atoms with Crippen LogP contribution in [0.4, 0.5) is 0 Å². The molecule has 0 unspecified atom stereocenters.